The van der Waals surface area contributed by atoms with Gasteiger partial charge in [0, 0.05) is 6.54 Å². The van der Waals surface area contributed by atoms with Crippen LogP contribution in [0.15, 0.2) is 4.99 Å². The van der Waals surface area contributed by atoms with Crippen LogP contribution in [-0.2, 0) is 0 Å². The average molecular weight is 185 g/mol. The van der Waals surface area contributed by atoms with Crippen molar-refractivity contribution in [3.05, 3.63) is 0 Å². The summed E-state index contributed by atoms with van der Waals surface area (Å²) in [5.74, 6) is 1.10. The Balaban J connectivity index is 3.29. The Kier molecular flexibility index (Phi) is 7.45. The van der Waals surface area contributed by atoms with E-state index in [0.29, 0.717) is 0 Å². The molecule has 0 aliphatic rings. The van der Waals surface area contributed by atoms with Crippen molar-refractivity contribution in [2.24, 2.45) is 22.4 Å². The van der Waals surface area contributed by atoms with Crippen LogP contribution < -0.4 is 11.5 Å². The lowest BCUT2D eigenvalue weighted by molar-refractivity contribution is 0.435. The molecule has 0 aliphatic carbocycles. The Morgan fingerprint density at radius 3 is 2.23 bits per heavy atom. The highest BCUT2D eigenvalue weighted by Crippen LogP contribution is 2.15. The molecule has 0 aromatic carbocycles. The van der Waals surface area contributed by atoms with Crippen LogP contribution in [0.1, 0.15) is 46.0 Å². The van der Waals surface area contributed by atoms with E-state index >= 15 is 0 Å². The predicted octanol–water partition coefficient (Wildman–Crippen LogP) is 1.87. The van der Waals surface area contributed by atoms with Crippen LogP contribution in [0.2, 0.25) is 0 Å². The van der Waals surface area contributed by atoms with Crippen LogP contribution in [0.3, 0.4) is 0 Å². The van der Waals surface area contributed by atoms with Crippen LogP contribution in [0.25, 0.3) is 0 Å². The average Bonchev–Trinajstić information content (AvgIpc) is 2.11. The number of nitrogens with two attached hydrogens (primary N) is 2. The normalized spacial score (nSPS) is 10.4. The van der Waals surface area contributed by atoms with Gasteiger partial charge in [-0.1, -0.05) is 39.5 Å². The molecule has 3 nitrogen and oxygen atoms in total. The minimum Gasteiger partial charge on any atom is -0.370 e. The van der Waals surface area contributed by atoms with Crippen LogP contribution in [0, 0.1) is 5.92 Å². The van der Waals surface area contributed by atoms with E-state index in [4.69, 9.17) is 11.5 Å². The smallest absolute Gasteiger partial charge is 0.185 e. The standard InChI is InChI=1S/C10H23N3/c1-3-9(4-2)7-5-6-8-13-10(11)12/h9H,3-8H2,1-2H3,(H4,11,12,13). The first-order valence-electron chi connectivity index (χ1n) is 5.26. The second-order valence-electron chi connectivity index (χ2n) is 3.48. The number of unbranched alkanes of at least 4 members (excludes halogenated alkanes) is 1. The summed E-state index contributed by atoms with van der Waals surface area (Å²) < 4.78 is 0. The molecule has 0 saturated carbocycles. The minimum absolute atomic E-state index is 0.211. The molecule has 0 aromatic heterocycles. The molecule has 0 atom stereocenters. The number of aliphatic imine (C=N–C) groups is 1. The predicted molar refractivity (Wildman–Crippen MR) is 58.6 cm³/mol. The fraction of sp³-hybridized carbons (Fsp3) is 0.900. The highest BCUT2D eigenvalue weighted by atomic mass is 15.0. The van der Waals surface area contributed by atoms with Crippen molar-refractivity contribution in [2.45, 2.75) is 46.0 Å². The van der Waals surface area contributed by atoms with Crippen LogP contribution in [0.5, 0.6) is 0 Å². The SMILES string of the molecule is CCC(CC)CCCCN=C(N)N. The van der Waals surface area contributed by atoms with Gasteiger partial charge in [-0.25, -0.2) is 0 Å². The zero-order chi connectivity index (χ0) is 10.1. The Morgan fingerprint density at radius 1 is 1.15 bits per heavy atom. The summed E-state index contributed by atoms with van der Waals surface area (Å²) in [6.07, 6.45) is 6.24. The molecule has 0 spiro atoms. The second kappa shape index (κ2) is 7.90. The Morgan fingerprint density at radius 2 is 1.77 bits per heavy atom. The van der Waals surface area contributed by atoms with E-state index in [1.807, 2.05) is 0 Å². The van der Waals surface area contributed by atoms with Crippen molar-refractivity contribution in [1.29, 1.82) is 0 Å². The van der Waals surface area contributed by atoms with Crippen molar-refractivity contribution >= 4 is 5.96 Å². The molecule has 0 fully saturated rings. The zero-order valence-corrected chi connectivity index (χ0v) is 8.92. The monoisotopic (exact) mass is 185 g/mol. The van der Waals surface area contributed by atoms with Gasteiger partial charge in [0.25, 0.3) is 0 Å². The van der Waals surface area contributed by atoms with Gasteiger partial charge in [-0.15, -0.1) is 0 Å². The second-order valence-corrected chi connectivity index (χ2v) is 3.48. The van der Waals surface area contributed by atoms with Crippen molar-refractivity contribution in [3.8, 4) is 0 Å². The van der Waals surface area contributed by atoms with Gasteiger partial charge in [0.15, 0.2) is 5.96 Å². The Bertz CT molecular complexity index is 135. The maximum Gasteiger partial charge on any atom is 0.185 e. The summed E-state index contributed by atoms with van der Waals surface area (Å²) in [7, 11) is 0. The largest absolute Gasteiger partial charge is 0.370 e. The first kappa shape index (κ1) is 12.3. The van der Waals surface area contributed by atoms with E-state index in [2.05, 4.69) is 18.8 Å². The maximum atomic E-state index is 5.21. The highest BCUT2D eigenvalue weighted by Gasteiger charge is 2.01. The molecule has 0 saturated heterocycles. The van der Waals surface area contributed by atoms with Crippen molar-refractivity contribution < 1.29 is 0 Å². The molecule has 0 aromatic rings. The van der Waals surface area contributed by atoms with E-state index in [0.717, 1.165) is 18.9 Å². The first-order valence-corrected chi connectivity index (χ1v) is 5.26. The Labute approximate surface area is 81.6 Å². The summed E-state index contributed by atoms with van der Waals surface area (Å²) in [4.78, 5) is 3.95. The lowest BCUT2D eigenvalue weighted by Gasteiger charge is -2.10. The first-order chi connectivity index (χ1) is 6.20. The number of hydrogen-bond acceptors (Lipinski definition) is 1. The highest BCUT2D eigenvalue weighted by molar-refractivity contribution is 5.75. The minimum atomic E-state index is 0.211. The molecule has 0 aliphatic heterocycles. The molecule has 13 heavy (non-hydrogen) atoms. The summed E-state index contributed by atoms with van der Waals surface area (Å²) >= 11 is 0. The molecular weight excluding hydrogens is 162 g/mol. The summed E-state index contributed by atoms with van der Waals surface area (Å²) in [5.41, 5.74) is 10.4. The van der Waals surface area contributed by atoms with Crippen LogP contribution in [-0.4, -0.2) is 12.5 Å². The van der Waals surface area contributed by atoms with Gasteiger partial charge >= 0.3 is 0 Å². The van der Waals surface area contributed by atoms with Gasteiger partial charge in [-0.05, 0) is 12.3 Å². The molecule has 0 amide bonds. The van der Waals surface area contributed by atoms with E-state index in [1.165, 1.54) is 25.7 Å². The fourth-order valence-electron chi connectivity index (χ4n) is 1.45. The van der Waals surface area contributed by atoms with E-state index in [9.17, 15) is 0 Å². The fourth-order valence-corrected chi connectivity index (χ4v) is 1.45. The van der Waals surface area contributed by atoms with Gasteiger partial charge in [0.1, 0.15) is 0 Å². The number of hydrogen-bond donors (Lipinski definition) is 2. The molecule has 0 bridgehead atoms. The van der Waals surface area contributed by atoms with Crippen molar-refractivity contribution in [2.75, 3.05) is 6.54 Å². The van der Waals surface area contributed by atoms with Crippen LogP contribution >= 0.6 is 0 Å². The van der Waals surface area contributed by atoms with E-state index in [-0.39, 0.29) is 5.96 Å². The number of nitrogens with zero attached hydrogens (tertiary/aromatic N) is 1. The molecule has 0 rings (SSSR count). The van der Waals surface area contributed by atoms with E-state index in [1.54, 1.807) is 0 Å². The van der Waals surface area contributed by atoms with Crippen molar-refractivity contribution in [1.82, 2.24) is 0 Å². The Hall–Kier alpha value is -0.730. The van der Waals surface area contributed by atoms with Crippen molar-refractivity contribution in [3.63, 3.8) is 0 Å². The van der Waals surface area contributed by atoms with Gasteiger partial charge < -0.3 is 11.5 Å². The van der Waals surface area contributed by atoms with E-state index < -0.39 is 0 Å². The number of rotatable bonds is 7. The summed E-state index contributed by atoms with van der Waals surface area (Å²) in [6, 6.07) is 0. The molecule has 78 valence electrons. The number of guanidine groups is 1. The zero-order valence-electron chi connectivity index (χ0n) is 8.92. The maximum absolute atomic E-state index is 5.21. The van der Waals surface area contributed by atoms with Gasteiger partial charge in [-0.2, -0.15) is 0 Å². The van der Waals surface area contributed by atoms with Crippen LogP contribution in [0.4, 0.5) is 0 Å². The molecule has 4 N–H and O–H groups in total. The summed E-state index contributed by atoms with van der Waals surface area (Å²) in [5, 5.41) is 0. The lowest BCUT2D eigenvalue weighted by Crippen LogP contribution is -2.22. The molecular formula is C10H23N3. The topological polar surface area (TPSA) is 64.4 Å². The third-order valence-electron chi connectivity index (χ3n) is 2.47. The van der Waals surface area contributed by atoms with Gasteiger partial charge in [0.2, 0.25) is 0 Å². The third kappa shape index (κ3) is 7.62. The molecule has 0 unspecified atom stereocenters. The molecule has 0 radical (unpaired) electrons. The molecule has 0 heterocycles. The lowest BCUT2D eigenvalue weighted by atomic mass is 9.97. The van der Waals surface area contributed by atoms with Gasteiger partial charge in [-0.3, -0.25) is 4.99 Å². The van der Waals surface area contributed by atoms with Gasteiger partial charge in [0.05, 0.1) is 0 Å². The molecule has 3 heteroatoms. The third-order valence-corrected chi connectivity index (χ3v) is 2.47. The summed E-state index contributed by atoms with van der Waals surface area (Å²) in [6.45, 7) is 5.29. The quantitative estimate of drug-likeness (QED) is 0.361.